The Bertz CT molecular complexity index is 1280. The van der Waals surface area contributed by atoms with Gasteiger partial charge in [0.1, 0.15) is 29.8 Å². The van der Waals surface area contributed by atoms with Crippen molar-refractivity contribution in [2.45, 2.75) is 44.8 Å². The highest BCUT2D eigenvalue weighted by atomic mass is 32.2. The first-order chi connectivity index (χ1) is 15.7. The van der Waals surface area contributed by atoms with Crippen molar-refractivity contribution in [3.8, 4) is 5.75 Å². The topological polar surface area (TPSA) is 85.7 Å². The third-order valence-electron chi connectivity index (χ3n) is 5.65. The van der Waals surface area contributed by atoms with E-state index in [4.69, 9.17) is 9.47 Å². The van der Waals surface area contributed by atoms with Crippen LogP contribution in [-0.4, -0.2) is 46.0 Å². The van der Waals surface area contributed by atoms with Crippen LogP contribution in [0.4, 0.5) is 21.6 Å². The summed E-state index contributed by atoms with van der Waals surface area (Å²) in [4.78, 5) is 8.80. The highest BCUT2D eigenvalue weighted by Crippen LogP contribution is 2.35. The predicted octanol–water partition coefficient (Wildman–Crippen LogP) is 5.52. The summed E-state index contributed by atoms with van der Waals surface area (Å²) in [5.74, 6) is 0.643. The van der Waals surface area contributed by atoms with Crippen molar-refractivity contribution in [1.82, 2.24) is 9.97 Å². The molecule has 1 N–H and O–H groups in total. The lowest BCUT2D eigenvalue weighted by Gasteiger charge is -2.29. The fourth-order valence-corrected chi connectivity index (χ4v) is 4.81. The molecule has 1 saturated carbocycles. The summed E-state index contributed by atoms with van der Waals surface area (Å²) in [7, 11) is -0.585. The van der Waals surface area contributed by atoms with E-state index in [-0.39, 0.29) is 18.0 Å². The lowest BCUT2D eigenvalue weighted by atomic mass is 9.95. The average molecular weight is 473 g/mol. The van der Waals surface area contributed by atoms with Gasteiger partial charge in [-0.15, -0.1) is 0 Å². The van der Waals surface area contributed by atoms with E-state index in [9.17, 15) is 8.60 Å². The Morgan fingerprint density at radius 1 is 1.15 bits per heavy atom. The van der Waals surface area contributed by atoms with Gasteiger partial charge >= 0.3 is 0 Å². The zero-order valence-electron chi connectivity index (χ0n) is 19.3. The number of nitrogens with one attached hydrogen (secondary N) is 1. The summed E-state index contributed by atoms with van der Waals surface area (Å²) in [5, 5.41) is 4.11. The summed E-state index contributed by atoms with van der Waals surface area (Å²) in [6.07, 6.45) is 8.44. The molecule has 2 unspecified atom stereocenters. The molecule has 3 aromatic rings. The number of hydrogen-bond acceptors (Lipinski definition) is 7. The SMILES string of the molecule is COC1CCCC(Oc2cc(F)ccc2Nc2ncnc3cc(N=S(C)(C)=O)cc(C)c23)C1. The molecule has 0 saturated heterocycles. The minimum absolute atomic E-state index is 0.0444. The minimum Gasteiger partial charge on any atom is -0.488 e. The number of benzene rings is 2. The van der Waals surface area contributed by atoms with Gasteiger partial charge in [0.2, 0.25) is 0 Å². The van der Waals surface area contributed by atoms with Gasteiger partial charge in [-0.2, -0.15) is 4.36 Å². The maximum absolute atomic E-state index is 14.1. The zero-order valence-corrected chi connectivity index (χ0v) is 20.1. The molecule has 2 atom stereocenters. The van der Waals surface area contributed by atoms with Crippen molar-refractivity contribution in [3.63, 3.8) is 0 Å². The van der Waals surface area contributed by atoms with Crippen LogP contribution in [0.25, 0.3) is 10.9 Å². The van der Waals surface area contributed by atoms with E-state index in [1.807, 2.05) is 13.0 Å². The molecule has 1 aliphatic carbocycles. The van der Waals surface area contributed by atoms with Crippen LogP contribution in [0.5, 0.6) is 5.75 Å². The molecule has 0 amide bonds. The van der Waals surface area contributed by atoms with E-state index in [0.717, 1.165) is 36.6 Å². The molecule has 2 aromatic carbocycles. The van der Waals surface area contributed by atoms with Crippen LogP contribution in [0.1, 0.15) is 31.2 Å². The number of methoxy groups -OCH3 is 1. The maximum atomic E-state index is 14.1. The Morgan fingerprint density at radius 3 is 2.70 bits per heavy atom. The molecule has 1 fully saturated rings. The molecular weight excluding hydrogens is 443 g/mol. The number of halogens is 1. The standard InChI is InChI=1S/C24H29FN4O3S/c1-15-10-17(29-33(3,4)30)12-21-23(15)24(27-14-26-21)28-20-9-8-16(25)11-22(20)32-19-7-5-6-18(13-19)31-2/h8-12,14,18-19H,5-7,13H2,1-4H3,(H,26,27,28). The van der Waals surface area contributed by atoms with Gasteiger partial charge in [0, 0.05) is 47.2 Å². The third-order valence-corrected chi connectivity index (χ3v) is 6.30. The fraction of sp³-hybridized carbons (Fsp3) is 0.417. The molecule has 0 radical (unpaired) electrons. The van der Waals surface area contributed by atoms with Crippen LogP contribution < -0.4 is 10.1 Å². The summed E-state index contributed by atoms with van der Waals surface area (Å²) in [5.41, 5.74) is 2.79. The highest BCUT2D eigenvalue weighted by Gasteiger charge is 2.24. The number of ether oxygens (including phenoxy) is 2. The van der Waals surface area contributed by atoms with E-state index in [2.05, 4.69) is 19.6 Å². The van der Waals surface area contributed by atoms with Gasteiger partial charge in [-0.05, 0) is 56.0 Å². The van der Waals surface area contributed by atoms with E-state index in [1.54, 1.807) is 31.8 Å². The first-order valence-corrected chi connectivity index (χ1v) is 13.2. The lowest BCUT2D eigenvalue weighted by Crippen LogP contribution is -2.29. The van der Waals surface area contributed by atoms with Gasteiger partial charge < -0.3 is 14.8 Å². The number of anilines is 2. The molecule has 1 aliphatic rings. The number of rotatable bonds is 6. The molecule has 9 heteroatoms. The molecule has 4 rings (SSSR count). The minimum atomic E-state index is -2.30. The van der Waals surface area contributed by atoms with Crippen LogP contribution in [-0.2, 0) is 14.5 Å². The maximum Gasteiger partial charge on any atom is 0.146 e. The Kier molecular flexibility index (Phi) is 6.81. The fourth-order valence-electron chi connectivity index (χ4n) is 4.20. The molecule has 0 aliphatic heterocycles. The number of nitrogens with zero attached hydrogens (tertiary/aromatic N) is 3. The van der Waals surface area contributed by atoms with E-state index in [1.165, 1.54) is 18.5 Å². The predicted molar refractivity (Wildman–Crippen MR) is 130 cm³/mol. The van der Waals surface area contributed by atoms with Crippen molar-refractivity contribution in [1.29, 1.82) is 0 Å². The van der Waals surface area contributed by atoms with Crippen molar-refractivity contribution in [2.24, 2.45) is 4.36 Å². The van der Waals surface area contributed by atoms with Crippen molar-refractivity contribution < 1.29 is 18.1 Å². The van der Waals surface area contributed by atoms with Gasteiger partial charge in [0.05, 0.1) is 23.0 Å². The molecule has 7 nitrogen and oxygen atoms in total. The number of aromatic nitrogens is 2. The molecular formula is C24H29FN4O3S. The zero-order chi connectivity index (χ0) is 23.6. The largest absolute Gasteiger partial charge is 0.488 e. The van der Waals surface area contributed by atoms with Crippen LogP contribution in [0, 0.1) is 12.7 Å². The monoisotopic (exact) mass is 472 g/mol. The van der Waals surface area contributed by atoms with Crippen LogP contribution >= 0.6 is 0 Å². The van der Waals surface area contributed by atoms with E-state index in [0.29, 0.717) is 28.5 Å². The second-order valence-electron chi connectivity index (χ2n) is 8.68. The Labute approximate surface area is 193 Å². The molecule has 1 heterocycles. The van der Waals surface area contributed by atoms with E-state index < -0.39 is 9.73 Å². The molecule has 176 valence electrons. The van der Waals surface area contributed by atoms with Gasteiger partial charge in [0.15, 0.2) is 0 Å². The molecule has 33 heavy (non-hydrogen) atoms. The van der Waals surface area contributed by atoms with Crippen LogP contribution in [0.2, 0.25) is 0 Å². The first-order valence-electron chi connectivity index (χ1n) is 10.9. The molecule has 1 aromatic heterocycles. The Hall–Kier alpha value is -2.78. The second kappa shape index (κ2) is 9.61. The number of aryl methyl sites for hydroxylation is 1. The average Bonchev–Trinajstić information content (AvgIpc) is 2.74. The number of fused-ring (bicyclic) bond motifs is 1. The first kappa shape index (κ1) is 23.4. The van der Waals surface area contributed by atoms with Crippen molar-refractivity contribution >= 4 is 37.8 Å². The van der Waals surface area contributed by atoms with Crippen LogP contribution in [0.15, 0.2) is 41.0 Å². The second-order valence-corrected chi connectivity index (χ2v) is 11.2. The summed E-state index contributed by atoms with van der Waals surface area (Å²) < 4.78 is 42.2. The van der Waals surface area contributed by atoms with Gasteiger partial charge in [-0.25, -0.2) is 18.6 Å². The molecule has 0 bridgehead atoms. The Morgan fingerprint density at radius 2 is 1.94 bits per heavy atom. The van der Waals surface area contributed by atoms with Crippen molar-refractivity contribution in [2.75, 3.05) is 24.9 Å². The quantitative estimate of drug-likeness (QED) is 0.509. The van der Waals surface area contributed by atoms with Crippen molar-refractivity contribution in [3.05, 3.63) is 48.0 Å². The summed E-state index contributed by atoms with van der Waals surface area (Å²) in [6.45, 7) is 1.93. The van der Waals surface area contributed by atoms with Gasteiger partial charge in [-0.3, -0.25) is 0 Å². The smallest absolute Gasteiger partial charge is 0.146 e. The lowest BCUT2D eigenvalue weighted by molar-refractivity contribution is 0.0211. The van der Waals surface area contributed by atoms with Gasteiger partial charge in [-0.1, -0.05) is 0 Å². The molecule has 0 spiro atoms. The summed E-state index contributed by atoms with van der Waals surface area (Å²) >= 11 is 0. The normalized spacial score (nSPS) is 18.8. The van der Waals surface area contributed by atoms with Crippen LogP contribution in [0.3, 0.4) is 0 Å². The highest BCUT2D eigenvalue weighted by molar-refractivity contribution is 7.92. The van der Waals surface area contributed by atoms with Gasteiger partial charge in [0.25, 0.3) is 0 Å². The number of hydrogen-bond donors (Lipinski definition) is 1. The van der Waals surface area contributed by atoms with E-state index >= 15 is 0 Å². The third kappa shape index (κ3) is 5.78. The summed E-state index contributed by atoms with van der Waals surface area (Å²) in [6, 6.07) is 8.08. The Balaban J connectivity index is 1.68.